The quantitative estimate of drug-likeness (QED) is 0.540. The third-order valence-electron chi connectivity index (χ3n) is 1.65. The Morgan fingerprint density at radius 2 is 2.14 bits per heavy atom. The molecule has 0 aliphatic carbocycles. The lowest BCUT2D eigenvalue weighted by atomic mass is 10.2. The van der Waals surface area contributed by atoms with Crippen LogP contribution in [0, 0.1) is 0 Å². The molecule has 1 heterocycles. The smallest absolute Gasteiger partial charge is 0.194 e. The first-order chi connectivity index (χ1) is 6.74. The number of ether oxygens (including phenoxy) is 1. The highest BCUT2D eigenvalue weighted by atomic mass is 16.5. The van der Waals surface area contributed by atoms with Crippen molar-refractivity contribution in [3.8, 4) is 0 Å². The van der Waals surface area contributed by atoms with Crippen LogP contribution in [0.4, 0.5) is 0 Å². The van der Waals surface area contributed by atoms with Crippen molar-refractivity contribution >= 4 is 11.9 Å². The Kier molecular flexibility index (Phi) is 3.85. The first kappa shape index (κ1) is 10.4. The minimum Gasteiger partial charge on any atom is -0.490 e. The van der Waals surface area contributed by atoms with E-state index in [4.69, 9.17) is 4.74 Å². The maximum Gasteiger partial charge on any atom is 0.194 e. The fourth-order valence-electron chi connectivity index (χ4n) is 1.01. The minimum absolute atomic E-state index is 0.0661. The van der Waals surface area contributed by atoms with Gasteiger partial charge in [0.1, 0.15) is 0 Å². The summed E-state index contributed by atoms with van der Waals surface area (Å²) in [4.78, 5) is 15.0. The van der Waals surface area contributed by atoms with Gasteiger partial charge in [0.05, 0.1) is 6.61 Å². The molecule has 14 heavy (non-hydrogen) atoms. The van der Waals surface area contributed by atoms with E-state index in [0.29, 0.717) is 12.4 Å². The molecule has 0 N–H and O–H groups in total. The van der Waals surface area contributed by atoms with E-state index < -0.39 is 0 Å². The second-order valence-electron chi connectivity index (χ2n) is 2.78. The molecule has 0 aromatic carbocycles. The zero-order chi connectivity index (χ0) is 10.4. The first-order valence-electron chi connectivity index (χ1n) is 4.49. The van der Waals surface area contributed by atoms with Gasteiger partial charge in [-0.1, -0.05) is 0 Å². The number of nitrogens with zero attached hydrogens (tertiary/aromatic N) is 1. The summed E-state index contributed by atoms with van der Waals surface area (Å²) in [5.41, 5.74) is 0.915. The summed E-state index contributed by atoms with van der Waals surface area (Å²) >= 11 is 0. The Morgan fingerprint density at radius 3 is 2.64 bits per heavy atom. The first-order valence-corrected chi connectivity index (χ1v) is 4.49. The van der Waals surface area contributed by atoms with Gasteiger partial charge >= 0.3 is 0 Å². The number of hydrogen-bond acceptors (Lipinski definition) is 3. The molecular formula is C11H13NO2. The maximum atomic E-state index is 11.1. The zero-order valence-electron chi connectivity index (χ0n) is 8.36. The number of Topliss-reactive ketones (excluding diaryl/α,β-unsaturated/α-hetero) is 1. The summed E-state index contributed by atoms with van der Waals surface area (Å²) in [5, 5.41) is 0. The fourth-order valence-corrected chi connectivity index (χ4v) is 1.01. The van der Waals surface area contributed by atoms with Crippen LogP contribution in [-0.2, 0) is 9.53 Å². The van der Waals surface area contributed by atoms with Gasteiger partial charge in [0.25, 0.3) is 0 Å². The van der Waals surface area contributed by atoms with Crippen LogP contribution in [0.25, 0.3) is 6.08 Å². The Morgan fingerprint density at radius 1 is 1.50 bits per heavy atom. The van der Waals surface area contributed by atoms with E-state index in [-0.39, 0.29) is 5.78 Å². The van der Waals surface area contributed by atoms with Gasteiger partial charge < -0.3 is 4.74 Å². The molecular weight excluding hydrogens is 178 g/mol. The van der Waals surface area contributed by atoms with E-state index in [1.54, 1.807) is 18.5 Å². The molecule has 0 aliphatic rings. The Balaban J connectivity index is 2.88. The molecule has 0 saturated heterocycles. The second-order valence-corrected chi connectivity index (χ2v) is 2.78. The summed E-state index contributed by atoms with van der Waals surface area (Å²) < 4.78 is 5.20. The highest BCUT2D eigenvalue weighted by molar-refractivity contribution is 5.95. The van der Waals surface area contributed by atoms with Crippen molar-refractivity contribution in [1.29, 1.82) is 0 Å². The number of allylic oxidation sites excluding steroid dienone is 1. The molecule has 0 spiro atoms. The Bertz CT molecular complexity index is 330. The number of aromatic nitrogens is 1. The maximum absolute atomic E-state index is 11.1. The van der Waals surface area contributed by atoms with Crippen LogP contribution in [-0.4, -0.2) is 17.4 Å². The number of rotatable bonds is 4. The molecule has 0 amide bonds. The average Bonchev–Trinajstić information content (AvgIpc) is 2.18. The highest BCUT2D eigenvalue weighted by Crippen LogP contribution is 2.07. The molecule has 0 bridgehead atoms. The van der Waals surface area contributed by atoms with Crippen LogP contribution in [0.3, 0.4) is 0 Å². The molecule has 0 aliphatic heterocycles. The van der Waals surface area contributed by atoms with E-state index in [1.165, 1.54) is 6.92 Å². The lowest BCUT2D eigenvalue weighted by Crippen LogP contribution is -2.01. The topological polar surface area (TPSA) is 39.2 Å². The van der Waals surface area contributed by atoms with E-state index >= 15 is 0 Å². The van der Waals surface area contributed by atoms with E-state index in [0.717, 1.165) is 5.56 Å². The van der Waals surface area contributed by atoms with Gasteiger partial charge in [-0.3, -0.25) is 9.78 Å². The monoisotopic (exact) mass is 191 g/mol. The molecule has 0 fully saturated rings. The lowest BCUT2D eigenvalue weighted by molar-refractivity contribution is -0.116. The number of ketones is 1. The number of pyridine rings is 1. The fraction of sp³-hybridized carbons (Fsp3) is 0.273. The largest absolute Gasteiger partial charge is 0.490 e. The van der Waals surface area contributed by atoms with Crippen molar-refractivity contribution in [1.82, 2.24) is 4.98 Å². The normalized spacial score (nSPS) is 11.1. The Hall–Kier alpha value is -1.64. The van der Waals surface area contributed by atoms with Crippen molar-refractivity contribution in [2.45, 2.75) is 13.8 Å². The molecule has 3 nitrogen and oxygen atoms in total. The van der Waals surface area contributed by atoms with Gasteiger partial charge in [-0.15, -0.1) is 0 Å². The predicted molar refractivity (Wildman–Crippen MR) is 54.5 cm³/mol. The number of hydrogen-bond donors (Lipinski definition) is 0. The van der Waals surface area contributed by atoms with Gasteiger partial charge in [-0.05, 0) is 30.7 Å². The minimum atomic E-state index is -0.0661. The van der Waals surface area contributed by atoms with Crippen LogP contribution in [0.15, 0.2) is 30.3 Å². The van der Waals surface area contributed by atoms with Gasteiger partial charge in [0.2, 0.25) is 0 Å². The summed E-state index contributed by atoms with van der Waals surface area (Å²) in [6.45, 7) is 3.84. The van der Waals surface area contributed by atoms with Crippen LogP contribution < -0.4 is 0 Å². The summed E-state index contributed by atoms with van der Waals surface area (Å²) in [6.07, 6.45) is 5.07. The number of carbonyl (C=O) groups excluding carboxylic acids is 1. The standard InChI is InChI=1S/C11H13NO2/c1-3-14-11(9(2)13)8-10-4-6-12-7-5-10/h4-8H,3H2,1-2H3. The highest BCUT2D eigenvalue weighted by Gasteiger charge is 2.03. The second kappa shape index (κ2) is 5.17. The summed E-state index contributed by atoms with van der Waals surface area (Å²) in [5.74, 6) is 0.322. The molecule has 0 saturated carbocycles. The molecule has 3 heteroatoms. The van der Waals surface area contributed by atoms with Crippen molar-refractivity contribution in [2.24, 2.45) is 0 Å². The zero-order valence-corrected chi connectivity index (χ0v) is 8.36. The van der Waals surface area contributed by atoms with Crippen LogP contribution in [0.5, 0.6) is 0 Å². The third kappa shape index (κ3) is 3.01. The van der Waals surface area contributed by atoms with Crippen LogP contribution in [0.1, 0.15) is 19.4 Å². The SMILES string of the molecule is CCOC(=Cc1ccncc1)C(C)=O. The van der Waals surface area contributed by atoms with Crippen molar-refractivity contribution in [3.63, 3.8) is 0 Å². The number of carbonyl (C=O) groups is 1. The van der Waals surface area contributed by atoms with Crippen molar-refractivity contribution in [2.75, 3.05) is 6.61 Å². The van der Waals surface area contributed by atoms with Crippen molar-refractivity contribution in [3.05, 3.63) is 35.8 Å². The van der Waals surface area contributed by atoms with Gasteiger partial charge in [0, 0.05) is 19.3 Å². The Labute approximate surface area is 83.4 Å². The molecule has 74 valence electrons. The van der Waals surface area contributed by atoms with Crippen molar-refractivity contribution < 1.29 is 9.53 Å². The van der Waals surface area contributed by atoms with Crippen LogP contribution >= 0.6 is 0 Å². The molecule has 0 unspecified atom stereocenters. The molecule has 0 radical (unpaired) electrons. The molecule has 1 aromatic rings. The van der Waals surface area contributed by atoms with E-state index in [2.05, 4.69) is 4.98 Å². The molecule has 1 aromatic heterocycles. The van der Waals surface area contributed by atoms with Gasteiger partial charge in [-0.2, -0.15) is 0 Å². The average molecular weight is 191 g/mol. The van der Waals surface area contributed by atoms with Gasteiger partial charge in [-0.25, -0.2) is 0 Å². The third-order valence-corrected chi connectivity index (χ3v) is 1.65. The van der Waals surface area contributed by atoms with Gasteiger partial charge in [0.15, 0.2) is 11.5 Å². The molecule has 1 rings (SSSR count). The summed E-state index contributed by atoms with van der Waals surface area (Å²) in [6, 6.07) is 3.64. The predicted octanol–water partition coefficient (Wildman–Crippen LogP) is 2.05. The van der Waals surface area contributed by atoms with E-state index in [1.807, 2.05) is 19.1 Å². The van der Waals surface area contributed by atoms with E-state index in [9.17, 15) is 4.79 Å². The lowest BCUT2D eigenvalue weighted by Gasteiger charge is -2.04. The summed E-state index contributed by atoms with van der Waals surface area (Å²) in [7, 11) is 0. The van der Waals surface area contributed by atoms with Crippen LogP contribution in [0.2, 0.25) is 0 Å². The molecule has 0 atom stereocenters.